The first-order valence-corrected chi connectivity index (χ1v) is 11.0. The Hall–Kier alpha value is -2.78. The van der Waals surface area contributed by atoms with E-state index in [1.165, 1.54) is 11.8 Å². The molecule has 3 aromatic heterocycles. The summed E-state index contributed by atoms with van der Waals surface area (Å²) in [6, 6.07) is 11.3. The summed E-state index contributed by atoms with van der Waals surface area (Å²) in [4.78, 5) is 6.71. The Kier molecular flexibility index (Phi) is 5.22. The molecule has 1 aliphatic rings. The normalized spacial score (nSPS) is 15.1. The molecule has 0 radical (unpaired) electrons. The van der Waals surface area contributed by atoms with Crippen LogP contribution >= 0.6 is 23.4 Å². The van der Waals surface area contributed by atoms with Gasteiger partial charge in [-0.1, -0.05) is 40.7 Å². The Bertz CT molecular complexity index is 1140. The molecule has 0 N–H and O–H groups in total. The van der Waals surface area contributed by atoms with Gasteiger partial charge in [-0.15, -0.1) is 10.2 Å². The molecule has 10 heteroatoms. The van der Waals surface area contributed by atoms with Gasteiger partial charge in [-0.05, 0) is 44.0 Å². The Labute approximate surface area is 182 Å². The molecule has 0 spiro atoms. The summed E-state index contributed by atoms with van der Waals surface area (Å²) in [6.45, 7) is 3.91. The zero-order valence-electron chi connectivity index (χ0n) is 16.2. The van der Waals surface area contributed by atoms with Gasteiger partial charge in [0.05, 0.1) is 22.2 Å². The van der Waals surface area contributed by atoms with Crippen LogP contribution in [0.25, 0.3) is 17.3 Å². The molecule has 8 nitrogen and oxygen atoms in total. The van der Waals surface area contributed by atoms with Crippen molar-refractivity contribution >= 4 is 29.3 Å². The first-order valence-electron chi connectivity index (χ1n) is 9.70. The van der Waals surface area contributed by atoms with Crippen molar-refractivity contribution in [2.75, 3.05) is 18.0 Å². The number of aromatic nitrogens is 5. The molecule has 30 heavy (non-hydrogen) atoms. The van der Waals surface area contributed by atoms with E-state index in [1.54, 1.807) is 18.4 Å². The molecular weight excluding hydrogens is 424 g/mol. The molecular formula is C20H19ClN6O2S. The highest BCUT2D eigenvalue weighted by molar-refractivity contribution is 7.99. The second-order valence-corrected chi connectivity index (χ2v) is 8.67. The number of benzene rings is 1. The predicted molar refractivity (Wildman–Crippen MR) is 114 cm³/mol. The Balaban J connectivity index is 1.47. The van der Waals surface area contributed by atoms with Crippen molar-refractivity contribution in [3.63, 3.8) is 0 Å². The quantitative estimate of drug-likeness (QED) is 0.385. The van der Waals surface area contributed by atoms with Crippen LogP contribution in [0, 0.1) is 0 Å². The van der Waals surface area contributed by atoms with Crippen molar-refractivity contribution in [3.05, 3.63) is 53.6 Å². The maximum Gasteiger partial charge on any atom is 0.240 e. The van der Waals surface area contributed by atoms with Crippen LogP contribution in [0.15, 0.2) is 56.8 Å². The van der Waals surface area contributed by atoms with E-state index in [4.69, 9.17) is 20.5 Å². The van der Waals surface area contributed by atoms with Crippen molar-refractivity contribution in [1.82, 2.24) is 24.9 Å². The fourth-order valence-electron chi connectivity index (χ4n) is 3.42. The highest BCUT2D eigenvalue weighted by Crippen LogP contribution is 2.38. The van der Waals surface area contributed by atoms with Gasteiger partial charge in [0.15, 0.2) is 10.9 Å². The standard InChI is InChI=1S/C20H19ClN6O2S/c1-13(18-22-17(25-29-18)16-9-6-12-28-16)30-20-24-23-19(26-10-4-5-11-26)27(20)15-8-3-2-7-14(15)21/h2-3,6-9,12-13H,4-5,10-11H2,1H3/t13-/m0/s1. The van der Waals surface area contributed by atoms with Crippen LogP contribution in [0.5, 0.6) is 0 Å². The lowest BCUT2D eigenvalue weighted by Gasteiger charge is -2.19. The van der Waals surface area contributed by atoms with E-state index in [9.17, 15) is 0 Å². The zero-order valence-corrected chi connectivity index (χ0v) is 17.8. The maximum absolute atomic E-state index is 6.52. The van der Waals surface area contributed by atoms with Gasteiger partial charge in [0.25, 0.3) is 0 Å². The van der Waals surface area contributed by atoms with Crippen LogP contribution in [0.1, 0.15) is 30.9 Å². The second-order valence-electron chi connectivity index (χ2n) is 6.96. The van der Waals surface area contributed by atoms with Gasteiger partial charge in [-0.2, -0.15) is 4.98 Å². The molecule has 0 amide bonds. The third-order valence-electron chi connectivity index (χ3n) is 4.91. The highest BCUT2D eigenvalue weighted by atomic mass is 35.5. The molecule has 1 aliphatic heterocycles. The van der Waals surface area contributed by atoms with E-state index in [0.717, 1.165) is 42.7 Å². The fourth-order valence-corrected chi connectivity index (χ4v) is 4.53. The van der Waals surface area contributed by atoms with Gasteiger partial charge >= 0.3 is 0 Å². The molecule has 1 fully saturated rings. The number of nitrogens with zero attached hydrogens (tertiary/aromatic N) is 6. The second kappa shape index (κ2) is 8.16. The van der Waals surface area contributed by atoms with Crippen LogP contribution in [0.4, 0.5) is 5.95 Å². The van der Waals surface area contributed by atoms with E-state index >= 15 is 0 Å². The number of furan rings is 1. The molecule has 1 atom stereocenters. The van der Waals surface area contributed by atoms with Gasteiger partial charge in [-0.3, -0.25) is 4.57 Å². The average Bonchev–Trinajstić information content (AvgIpc) is 3.55. The minimum absolute atomic E-state index is 0.141. The molecule has 1 saturated heterocycles. The predicted octanol–water partition coefficient (Wildman–Crippen LogP) is 5.02. The topological polar surface area (TPSA) is 86.0 Å². The number of halogens is 1. The van der Waals surface area contributed by atoms with Gasteiger partial charge in [0.2, 0.25) is 17.7 Å². The van der Waals surface area contributed by atoms with Gasteiger partial charge in [-0.25, -0.2) is 0 Å². The van der Waals surface area contributed by atoms with Gasteiger partial charge < -0.3 is 13.8 Å². The Morgan fingerprint density at radius 3 is 2.70 bits per heavy atom. The fraction of sp³-hybridized carbons (Fsp3) is 0.300. The first-order chi connectivity index (χ1) is 14.7. The summed E-state index contributed by atoms with van der Waals surface area (Å²) in [5.41, 5.74) is 0.850. The van der Waals surface area contributed by atoms with Crippen LogP contribution in [-0.2, 0) is 0 Å². The molecule has 4 heterocycles. The van der Waals surface area contributed by atoms with Crippen molar-refractivity contribution < 1.29 is 8.94 Å². The van der Waals surface area contributed by atoms with Crippen LogP contribution < -0.4 is 4.90 Å². The lowest BCUT2D eigenvalue weighted by molar-refractivity contribution is 0.379. The van der Waals surface area contributed by atoms with E-state index < -0.39 is 0 Å². The lowest BCUT2D eigenvalue weighted by atomic mass is 10.3. The molecule has 1 aromatic carbocycles. The number of para-hydroxylation sites is 1. The van der Waals surface area contributed by atoms with Crippen molar-refractivity contribution in [3.8, 4) is 17.3 Å². The Morgan fingerprint density at radius 1 is 1.10 bits per heavy atom. The molecule has 5 rings (SSSR count). The van der Waals surface area contributed by atoms with Crippen molar-refractivity contribution in [2.45, 2.75) is 30.2 Å². The SMILES string of the molecule is C[C@H](Sc1nnc(N2CCCC2)n1-c1ccccc1Cl)c1nc(-c2ccco2)no1. The average molecular weight is 443 g/mol. The van der Waals surface area contributed by atoms with Crippen LogP contribution in [0.2, 0.25) is 5.02 Å². The third kappa shape index (κ3) is 3.59. The summed E-state index contributed by atoms with van der Waals surface area (Å²) >= 11 is 8.02. The van der Waals surface area contributed by atoms with E-state index in [2.05, 4.69) is 25.2 Å². The highest BCUT2D eigenvalue weighted by Gasteiger charge is 2.26. The minimum atomic E-state index is -0.141. The van der Waals surface area contributed by atoms with Crippen molar-refractivity contribution in [2.24, 2.45) is 0 Å². The lowest BCUT2D eigenvalue weighted by Crippen LogP contribution is -2.22. The molecule has 0 bridgehead atoms. The monoisotopic (exact) mass is 442 g/mol. The maximum atomic E-state index is 6.52. The smallest absolute Gasteiger partial charge is 0.240 e. The van der Waals surface area contributed by atoms with Gasteiger partial charge in [0.1, 0.15) is 0 Å². The summed E-state index contributed by atoms with van der Waals surface area (Å²) in [6.07, 6.45) is 3.87. The summed E-state index contributed by atoms with van der Waals surface area (Å²) in [5.74, 6) is 2.28. The van der Waals surface area contributed by atoms with E-state index in [1.807, 2.05) is 35.8 Å². The largest absolute Gasteiger partial charge is 0.461 e. The molecule has 0 unspecified atom stereocenters. The molecule has 4 aromatic rings. The summed E-state index contributed by atoms with van der Waals surface area (Å²) in [5, 5.41) is 14.2. The molecule has 154 valence electrons. The number of rotatable bonds is 6. The van der Waals surface area contributed by atoms with Gasteiger partial charge in [0, 0.05) is 13.1 Å². The molecule has 0 aliphatic carbocycles. The summed E-state index contributed by atoms with van der Waals surface area (Å²) < 4.78 is 12.8. The number of anilines is 1. The number of hydrogen-bond donors (Lipinski definition) is 0. The number of hydrogen-bond acceptors (Lipinski definition) is 8. The zero-order chi connectivity index (χ0) is 20.5. The van der Waals surface area contributed by atoms with Crippen LogP contribution in [0.3, 0.4) is 0 Å². The van der Waals surface area contributed by atoms with E-state index in [0.29, 0.717) is 22.5 Å². The molecule has 0 saturated carbocycles. The van der Waals surface area contributed by atoms with E-state index in [-0.39, 0.29) is 5.25 Å². The Morgan fingerprint density at radius 2 is 1.93 bits per heavy atom. The minimum Gasteiger partial charge on any atom is -0.461 e. The first kappa shape index (κ1) is 19.2. The van der Waals surface area contributed by atoms with Crippen molar-refractivity contribution in [1.29, 1.82) is 0 Å². The number of thioether (sulfide) groups is 1. The summed E-state index contributed by atoms with van der Waals surface area (Å²) in [7, 11) is 0. The van der Waals surface area contributed by atoms with Crippen LogP contribution in [-0.4, -0.2) is 38.0 Å². The third-order valence-corrected chi connectivity index (χ3v) is 6.26.